The Kier molecular flexibility index (Phi) is 4.60. The third kappa shape index (κ3) is 3.36. The van der Waals surface area contributed by atoms with E-state index in [4.69, 9.17) is 21.8 Å². The van der Waals surface area contributed by atoms with Gasteiger partial charge in [-0.25, -0.2) is 9.97 Å². The van der Waals surface area contributed by atoms with Crippen LogP contribution < -0.4 is 5.73 Å². The van der Waals surface area contributed by atoms with Crippen LogP contribution in [-0.2, 0) is 13.0 Å². The molecule has 0 radical (unpaired) electrons. The summed E-state index contributed by atoms with van der Waals surface area (Å²) in [6, 6.07) is 8.97. The molecule has 0 saturated carbocycles. The molecule has 0 fully saturated rings. The summed E-state index contributed by atoms with van der Waals surface area (Å²) in [6.45, 7) is 2.59. The maximum absolute atomic E-state index is 13.1. The molecule has 3 heterocycles. The Morgan fingerprint density at radius 2 is 2.00 bits per heavy atom. The van der Waals surface area contributed by atoms with Gasteiger partial charge in [0.25, 0.3) is 11.8 Å². The number of carbonyl (C=O) groups is 2. The molecule has 0 aliphatic carbocycles. The average Bonchev–Trinajstić information content (AvgIpc) is 3.08. The van der Waals surface area contributed by atoms with Crippen molar-refractivity contribution >= 4 is 23.4 Å². The number of fused-ring (bicyclic) bond motifs is 1. The first kappa shape index (κ1) is 18.2. The summed E-state index contributed by atoms with van der Waals surface area (Å²) < 4.78 is 5.80. The van der Waals surface area contributed by atoms with Gasteiger partial charge in [-0.3, -0.25) is 9.59 Å². The van der Waals surface area contributed by atoms with Crippen molar-refractivity contribution in [2.75, 3.05) is 6.54 Å². The molecule has 4 rings (SSSR count). The van der Waals surface area contributed by atoms with Crippen molar-refractivity contribution in [3.05, 3.63) is 70.0 Å². The van der Waals surface area contributed by atoms with E-state index in [1.165, 1.54) is 0 Å². The van der Waals surface area contributed by atoms with Crippen molar-refractivity contribution in [2.45, 2.75) is 19.9 Å². The van der Waals surface area contributed by atoms with E-state index in [9.17, 15) is 9.59 Å². The molecule has 1 aliphatic rings. The molecule has 142 valence electrons. The van der Waals surface area contributed by atoms with E-state index in [1.54, 1.807) is 36.2 Å². The van der Waals surface area contributed by atoms with Gasteiger partial charge in [0.05, 0.1) is 17.8 Å². The molecular weight excluding hydrogens is 380 g/mol. The summed E-state index contributed by atoms with van der Waals surface area (Å²) in [5.74, 6) is 0.267. The first-order valence-corrected chi connectivity index (χ1v) is 9.10. The fourth-order valence-corrected chi connectivity index (χ4v) is 3.34. The zero-order valence-electron chi connectivity index (χ0n) is 15.1. The third-order valence-corrected chi connectivity index (χ3v) is 4.98. The highest BCUT2D eigenvalue weighted by Gasteiger charge is 2.26. The van der Waals surface area contributed by atoms with Gasteiger partial charge in [-0.15, -0.1) is 0 Å². The first-order chi connectivity index (χ1) is 13.4. The molecular formula is C20H17ClN4O3. The summed E-state index contributed by atoms with van der Waals surface area (Å²) in [5.41, 5.74) is 8.15. The van der Waals surface area contributed by atoms with Gasteiger partial charge in [-0.1, -0.05) is 11.6 Å². The largest absolute Gasteiger partial charge is 0.461 e. The zero-order valence-corrected chi connectivity index (χ0v) is 15.9. The van der Waals surface area contributed by atoms with E-state index >= 15 is 0 Å². The maximum atomic E-state index is 13.1. The van der Waals surface area contributed by atoms with Crippen molar-refractivity contribution in [1.29, 1.82) is 0 Å². The predicted molar refractivity (Wildman–Crippen MR) is 103 cm³/mol. The van der Waals surface area contributed by atoms with Crippen molar-refractivity contribution in [2.24, 2.45) is 5.73 Å². The molecule has 0 saturated heterocycles. The van der Waals surface area contributed by atoms with Crippen LogP contribution in [-0.4, -0.2) is 33.2 Å². The summed E-state index contributed by atoms with van der Waals surface area (Å²) >= 11 is 5.93. The number of amides is 2. The number of aromatic nitrogens is 2. The van der Waals surface area contributed by atoms with Crippen molar-refractivity contribution in [1.82, 2.24) is 14.9 Å². The van der Waals surface area contributed by atoms with Crippen LogP contribution in [0, 0.1) is 6.92 Å². The monoisotopic (exact) mass is 396 g/mol. The lowest BCUT2D eigenvalue weighted by atomic mass is 10.1. The number of aryl methyl sites for hydroxylation is 1. The van der Waals surface area contributed by atoms with Crippen LogP contribution >= 0.6 is 11.6 Å². The van der Waals surface area contributed by atoms with Crippen LogP contribution in [0.3, 0.4) is 0 Å². The van der Waals surface area contributed by atoms with Gasteiger partial charge < -0.3 is 15.1 Å². The minimum atomic E-state index is -0.690. The molecule has 0 unspecified atom stereocenters. The van der Waals surface area contributed by atoms with E-state index in [0.29, 0.717) is 40.8 Å². The molecule has 0 bridgehead atoms. The lowest BCUT2D eigenvalue weighted by Gasteiger charge is -2.27. The molecule has 1 aliphatic heterocycles. The van der Waals surface area contributed by atoms with Gasteiger partial charge in [0.15, 0.2) is 0 Å². The fraction of sp³-hybridized carbons (Fsp3) is 0.200. The number of carbonyl (C=O) groups excluding carboxylic acids is 2. The smallest absolute Gasteiger partial charge is 0.286 e. The first-order valence-electron chi connectivity index (χ1n) is 8.72. The SMILES string of the molecule is Cc1oc(-c2ccc(Cl)cc2)cc1C(=O)N1CCc2cnc(C(N)=O)nc2C1. The number of hydrogen-bond donors (Lipinski definition) is 1. The summed E-state index contributed by atoms with van der Waals surface area (Å²) in [7, 11) is 0. The molecule has 28 heavy (non-hydrogen) atoms. The molecule has 1 aromatic carbocycles. The molecule has 2 amide bonds. The predicted octanol–water partition coefficient (Wildman–Crippen LogP) is 3.00. The van der Waals surface area contributed by atoms with E-state index in [2.05, 4.69) is 9.97 Å². The number of rotatable bonds is 3. The number of primary amides is 1. The van der Waals surface area contributed by atoms with Crippen molar-refractivity contribution < 1.29 is 14.0 Å². The lowest BCUT2D eigenvalue weighted by molar-refractivity contribution is 0.0730. The number of nitrogens with two attached hydrogens (primary N) is 1. The van der Waals surface area contributed by atoms with Gasteiger partial charge in [0.1, 0.15) is 11.5 Å². The molecule has 0 spiro atoms. The topological polar surface area (TPSA) is 102 Å². The number of hydrogen-bond acceptors (Lipinski definition) is 5. The Bertz CT molecular complexity index is 1080. The summed E-state index contributed by atoms with van der Waals surface area (Å²) in [4.78, 5) is 34.2. The third-order valence-electron chi connectivity index (χ3n) is 4.73. The average molecular weight is 397 g/mol. The Balaban J connectivity index is 1.59. The maximum Gasteiger partial charge on any atom is 0.286 e. The molecule has 3 aromatic rings. The standard InChI is InChI=1S/C20H17ClN4O3/c1-11-15(8-17(28-11)12-2-4-14(21)5-3-12)20(27)25-7-6-13-9-23-19(18(22)26)24-16(13)10-25/h2-5,8-9H,6-7,10H2,1H3,(H2,22,26). The second-order valence-corrected chi connectivity index (χ2v) is 7.03. The number of halogens is 1. The van der Waals surface area contributed by atoms with E-state index in [0.717, 1.165) is 11.1 Å². The second kappa shape index (κ2) is 7.09. The Morgan fingerprint density at radius 3 is 2.71 bits per heavy atom. The van der Waals surface area contributed by atoms with Crippen LogP contribution in [0.5, 0.6) is 0 Å². The Morgan fingerprint density at radius 1 is 1.25 bits per heavy atom. The van der Waals surface area contributed by atoms with Crippen LogP contribution in [0.15, 0.2) is 40.9 Å². The normalized spacial score (nSPS) is 13.3. The molecule has 7 nitrogen and oxygen atoms in total. The molecule has 0 atom stereocenters. The van der Waals surface area contributed by atoms with Gasteiger partial charge in [-0.2, -0.15) is 0 Å². The van der Waals surface area contributed by atoms with Crippen LogP contribution in [0.2, 0.25) is 5.02 Å². The Hall–Kier alpha value is -3.19. The van der Waals surface area contributed by atoms with Gasteiger partial charge in [0, 0.05) is 23.3 Å². The highest BCUT2D eigenvalue weighted by atomic mass is 35.5. The number of benzene rings is 1. The minimum Gasteiger partial charge on any atom is -0.461 e. The van der Waals surface area contributed by atoms with Crippen molar-refractivity contribution in [3.63, 3.8) is 0 Å². The molecule has 2 aromatic heterocycles. The van der Waals surface area contributed by atoms with Gasteiger partial charge in [0.2, 0.25) is 5.82 Å². The van der Waals surface area contributed by atoms with Crippen LogP contribution in [0.4, 0.5) is 0 Å². The fourth-order valence-electron chi connectivity index (χ4n) is 3.22. The quantitative estimate of drug-likeness (QED) is 0.733. The highest BCUT2D eigenvalue weighted by Crippen LogP contribution is 2.28. The van der Waals surface area contributed by atoms with Gasteiger partial charge in [-0.05, 0) is 49.2 Å². The van der Waals surface area contributed by atoms with Crippen LogP contribution in [0.1, 0.15) is 38.0 Å². The van der Waals surface area contributed by atoms with E-state index < -0.39 is 5.91 Å². The van der Waals surface area contributed by atoms with Crippen molar-refractivity contribution in [3.8, 4) is 11.3 Å². The van der Waals surface area contributed by atoms with E-state index in [-0.39, 0.29) is 18.3 Å². The molecule has 2 N–H and O–H groups in total. The second-order valence-electron chi connectivity index (χ2n) is 6.59. The van der Waals surface area contributed by atoms with E-state index in [1.807, 2.05) is 12.1 Å². The number of furan rings is 1. The van der Waals surface area contributed by atoms with Gasteiger partial charge >= 0.3 is 0 Å². The molecule has 8 heteroatoms. The van der Waals surface area contributed by atoms with Crippen LogP contribution in [0.25, 0.3) is 11.3 Å². The Labute approximate surface area is 166 Å². The summed E-state index contributed by atoms with van der Waals surface area (Å²) in [5, 5.41) is 0.632. The summed E-state index contributed by atoms with van der Waals surface area (Å²) in [6.07, 6.45) is 2.22. The number of nitrogens with zero attached hydrogens (tertiary/aromatic N) is 3. The highest BCUT2D eigenvalue weighted by molar-refractivity contribution is 6.30. The minimum absolute atomic E-state index is 0.0439. The zero-order chi connectivity index (χ0) is 19.8. The lowest BCUT2D eigenvalue weighted by Crippen LogP contribution is -2.37.